The molecule has 1 rings (SSSR count). The summed E-state index contributed by atoms with van der Waals surface area (Å²) in [5.74, 6) is 0. The van der Waals surface area contributed by atoms with Crippen LogP contribution < -0.4 is 5.73 Å². The zero-order valence-electron chi connectivity index (χ0n) is 8.37. The van der Waals surface area contributed by atoms with Gasteiger partial charge < -0.3 is 10.5 Å². The molecule has 0 amide bonds. The van der Waals surface area contributed by atoms with Crippen LogP contribution in [-0.2, 0) is 4.74 Å². The van der Waals surface area contributed by atoms with Crippen LogP contribution in [0.3, 0.4) is 0 Å². The zero-order chi connectivity index (χ0) is 10.4. The quantitative estimate of drug-likeness (QED) is 0.817. The van der Waals surface area contributed by atoms with Gasteiger partial charge in [0.1, 0.15) is 0 Å². The first-order chi connectivity index (χ1) is 6.79. The highest BCUT2D eigenvalue weighted by molar-refractivity contribution is 6.31. The van der Waals surface area contributed by atoms with E-state index in [9.17, 15) is 0 Å². The van der Waals surface area contributed by atoms with Gasteiger partial charge in [-0.2, -0.15) is 0 Å². The number of rotatable bonds is 5. The fourth-order valence-corrected chi connectivity index (χ4v) is 1.54. The van der Waals surface area contributed by atoms with Gasteiger partial charge in [-0.05, 0) is 12.5 Å². The third kappa shape index (κ3) is 2.98. The fraction of sp³-hybridized carbons (Fsp3) is 0.455. The first-order valence-electron chi connectivity index (χ1n) is 4.85. The van der Waals surface area contributed by atoms with Gasteiger partial charge in [0.2, 0.25) is 0 Å². The highest BCUT2D eigenvalue weighted by atomic mass is 35.5. The molecule has 0 spiro atoms. The number of halogens is 1. The number of ether oxygens (including phenoxy) is 1. The summed E-state index contributed by atoms with van der Waals surface area (Å²) in [5, 5.41) is 0.721. The van der Waals surface area contributed by atoms with Gasteiger partial charge in [-0.1, -0.05) is 36.7 Å². The third-order valence-corrected chi connectivity index (χ3v) is 2.33. The maximum atomic E-state index is 6.04. The van der Waals surface area contributed by atoms with Crippen molar-refractivity contribution in [3.8, 4) is 0 Å². The van der Waals surface area contributed by atoms with E-state index in [1.165, 1.54) is 0 Å². The molecule has 1 aromatic carbocycles. The maximum absolute atomic E-state index is 6.04. The molecule has 1 unspecified atom stereocenters. The monoisotopic (exact) mass is 213 g/mol. The van der Waals surface area contributed by atoms with Crippen LogP contribution in [0.15, 0.2) is 24.3 Å². The van der Waals surface area contributed by atoms with Crippen LogP contribution in [-0.4, -0.2) is 13.2 Å². The second kappa shape index (κ2) is 6.02. The van der Waals surface area contributed by atoms with E-state index >= 15 is 0 Å². The van der Waals surface area contributed by atoms with Gasteiger partial charge in [0.25, 0.3) is 0 Å². The van der Waals surface area contributed by atoms with Crippen molar-refractivity contribution in [3.05, 3.63) is 34.9 Å². The Kier molecular flexibility index (Phi) is 4.94. The first-order valence-corrected chi connectivity index (χ1v) is 5.23. The molecule has 0 aliphatic rings. The molecule has 0 radical (unpaired) electrons. The Balaban J connectivity index is 2.73. The lowest BCUT2D eigenvalue weighted by Crippen LogP contribution is -2.16. The van der Waals surface area contributed by atoms with Gasteiger partial charge in [0.15, 0.2) is 0 Å². The summed E-state index contributed by atoms with van der Waals surface area (Å²) in [6.45, 7) is 3.25. The van der Waals surface area contributed by atoms with E-state index in [-0.39, 0.29) is 6.10 Å². The fourth-order valence-electron chi connectivity index (χ4n) is 1.28. The number of hydrogen-bond donors (Lipinski definition) is 1. The summed E-state index contributed by atoms with van der Waals surface area (Å²) in [7, 11) is 0. The van der Waals surface area contributed by atoms with Crippen molar-refractivity contribution < 1.29 is 4.74 Å². The number of hydrogen-bond acceptors (Lipinski definition) is 2. The lowest BCUT2D eigenvalue weighted by atomic mass is 10.1. The van der Waals surface area contributed by atoms with Crippen LogP contribution in [0.4, 0.5) is 0 Å². The number of benzene rings is 1. The topological polar surface area (TPSA) is 35.2 Å². The molecule has 78 valence electrons. The predicted molar refractivity (Wildman–Crippen MR) is 59.5 cm³/mol. The summed E-state index contributed by atoms with van der Waals surface area (Å²) in [6, 6.07) is 7.66. The minimum atomic E-state index is -0.0800. The summed E-state index contributed by atoms with van der Waals surface area (Å²) in [5.41, 5.74) is 6.61. The normalized spacial score (nSPS) is 12.8. The number of nitrogens with two attached hydrogens (primary N) is 1. The van der Waals surface area contributed by atoms with Gasteiger partial charge in [0, 0.05) is 23.7 Å². The Labute approximate surface area is 90.0 Å². The van der Waals surface area contributed by atoms with E-state index in [0.717, 1.165) is 17.0 Å². The average molecular weight is 214 g/mol. The summed E-state index contributed by atoms with van der Waals surface area (Å²) >= 11 is 6.04. The molecule has 1 aromatic rings. The minimum Gasteiger partial charge on any atom is -0.372 e. The maximum Gasteiger partial charge on any atom is 0.0961 e. The van der Waals surface area contributed by atoms with Gasteiger partial charge in [-0.25, -0.2) is 0 Å². The van der Waals surface area contributed by atoms with Crippen LogP contribution in [0.1, 0.15) is 25.0 Å². The van der Waals surface area contributed by atoms with Crippen LogP contribution >= 0.6 is 11.6 Å². The van der Waals surface area contributed by atoms with Crippen LogP contribution in [0, 0.1) is 0 Å². The minimum absolute atomic E-state index is 0.0800. The molecule has 0 bridgehead atoms. The molecule has 0 aliphatic carbocycles. The van der Waals surface area contributed by atoms with E-state index in [1.807, 2.05) is 24.3 Å². The molecule has 0 saturated carbocycles. The molecule has 0 fully saturated rings. The molecule has 2 nitrogen and oxygen atoms in total. The van der Waals surface area contributed by atoms with Crippen molar-refractivity contribution in [2.24, 2.45) is 5.73 Å². The first kappa shape index (κ1) is 11.5. The van der Waals surface area contributed by atoms with Crippen molar-refractivity contribution >= 4 is 11.6 Å². The SMILES string of the molecule is CCCOC(CN)c1ccccc1Cl. The Morgan fingerprint density at radius 1 is 1.43 bits per heavy atom. The zero-order valence-corrected chi connectivity index (χ0v) is 9.13. The molecule has 2 N–H and O–H groups in total. The second-order valence-corrected chi connectivity index (χ2v) is 3.52. The van der Waals surface area contributed by atoms with Crippen molar-refractivity contribution in [1.29, 1.82) is 0 Å². The molecule has 1 atom stereocenters. The average Bonchev–Trinajstić information content (AvgIpc) is 2.21. The van der Waals surface area contributed by atoms with Gasteiger partial charge in [0.05, 0.1) is 6.10 Å². The van der Waals surface area contributed by atoms with Gasteiger partial charge >= 0.3 is 0 Å². The summed E-state index contributed by atoms with van der Waals surface area (Å²) in [4.78, 5) is 0. The van der Waals surface area contributed by atoms with Crippen molar-refractivity contribution in [3.63, 3.8) is 0 Å². The standard InChI is InChI=1S/C11H16ClNO/c1-2-7-14-11(8-13)9-5-3-4-6-10(9)12/h3-6,11H,2,7-8,13H2,1H3. The van der Waals surface area contributed by atoms with E-state index in [1.54, 1.807) is 0 Å². The van der Waals surface area contributed by atoms with Crippen LogP contribution in [0.25, 0.3) is 0 Å². The molecule has 3 heteroatoms. The molecule has 14 heavy (non-hydrogen) atoms. The molecule has 0 aromatic heterocycles. The highest BCUT2D eigenvalue weighted by Crippen LogP contribution is 2.24. The Bertz CT molecular complexity index is 278. The largest absolute Gasteiger partial charge is 0.372 e. The van der Waals surface area contributed by atoms with E-state index < -0.39 is 0 Å². The van der Waals surface area contributed by atoms with E-state index in [4.69, 9.17) is 22.1 Å². The molecule has 0 heterocycles. The lowest BCUT2D eigenvalue weighted by Gasteiger charge is -2.16. The predicted octanol–water partition coefficient (Wildman–Crippen LogP) is 2.77. The molecular weight excluding hydrogens is 198 g/mol. The Morgan fingerprint density at radius 2 is 2.14 bits per heavy atom. The van der Waals surface area contributed by atoms with E-state index in [2.05, 4.69) is 6.92 Å². The van der Waals surface area contributed by atoms with E-state index in [0.29, 0.717) is 13.2 Å². The summed E-state index contributed by atoms with van der Waals surface area (Å²) < 4.78 is 5.60. The Hall–Kier alpha value is -0.570. The smallest absolute Gasteiger partial charge is 0.0961 e. The van der Waals surface area contributed by atoms with Crippen molar-refractivity contribution in [1.82, 2.24) is 0 Å². The van der Waals surface area contributed by atoms with Gasteiger partial charge in [-0.3, -0.25) is 0 Å². The van der Waals surface area contributed by atoms with Crippen molar-refractivity contribution in [2.45, 2.75) is 19.4 Å². The van der Waals surface area contributed by atoms with Crippen LogP contribution in [0.5, 0.6) is 0 Å². The summed E-state index contributed by atoms with van der Waals surface area (Å²) in [6.07, 6.45) is 0.907. The molecule has 0 aliphatic heterocycles. The lowest BCUT2D eigenvalue weighted by molar-refractivity contribution is 0.0592. The molecular formula is C11H16ClNO. The van der Waals surface area contributed by atoms with Gasteiger partial charge in [-0.15, -0.1) is 0 Å². The Morgan fingerprint density at radius 3 is 2.71 bits per heavy atom. The van der Waals surface area contributed by atoms with Crippen LogP contribution in [0.2, 0.25) is 5.02 Å². The van der Waals surface area contributed by atoms with Crippen molar-refractivity contribution in [2.75, 3.05) is 13.2 Å². The second-order valence-electron chi connectivity index (χ2n) is 3.12. The third-order valence-electron chi connectivity index (χ3n) is 1.99. The highest BCUT2D eigenvalue weighted by Gasteiger charge is 2.12. The molecule has 0 saturated heterocycles.